The molecular weight excluding hydrogens is 314 g/mol. The summed E-state index contributed by atoms with van der Waals surface area (Å²) < 4.78 is 0. The summed E-state index contributed by atoms with van der Waals surface area (Å²) in [4.78, 5) is 0. The molecule has 0 aliphatic carbocycles. The lowest BCUT2D eigenvalue weighted by Crippen LogP contribution is -2.09. The minimum Gasteiger partial charge on any atom is -0.299 e. The number of rotatable bonds is 3. The Morgan fingerprint density at radius 2 is 1.22 bits per heavy atom. The first-order valence-corrected chi connectivity index (χ1v) is 6.49. The van der Waals surface area contributed by atoms with Crippen LogP contribution in [-0.2, 0) is 0 Å². The molecule has 0 aliphatic heterocycles. The van der Waals surface area contributed by atoms with Gasteiger partial charge in [-0.25, -0.2) is 0 Å². The number of halogens is 4. The lowest BCUT2D eigenvalue weighted by Gasteiger charge is -2.12. The molecule has 18 heavy (non-hydrogen) atoms. The second kappa shape index (κ2) is 5.89. The van der Waals surface area contributed by atoms with Gasteiger partial charge in [0.05, 0.1) is 21.4 Å². The van der Waals surface area contributed by atoms with Gasteiger partial charge in [0, 0.05) is 10.0 Å². The van der Waals surface area contributed by atoms with Crippen LogP contribution in [0.5, 0.6) is 0 Å². The molecule has 0 heterocycles. The summed E-state index contributed by atoms with van der Waals surface area (Å²) in [6, 6.07) is 10.3. The molecule has 2 aromatic carbocycles. The third kappa shape index (κ3) is 3.36. The summed E-state index contributed by atoms with van der Waals surface area (Å²) >= 11 is 23.7. The van der Waals surface area contributed by atoms with Crippen molar-refractivity contribution in [3.63, 3.8) is 0 Å². The average molecular weight is 322 g/mol. The molecular formula is C12H8Cl4N2. The van der Waals surface area contributed by atoms with Gasteiger partial charge in [-0.05, 0) is 36.4 Å². The molecule has 0 amide bonds. The van der Waals surface area contributed by atoms with E-state index in [9.17, 15) is 0 Å². The molecule has 0 radical (unpaired) electrons. The molecule has 94 valence electrons. The minimum atomic E-state index is 0.508. The quantitative estimate of drug-likeness (QED) is 0.704. The van der Waals surface area contributed by atoms with E-state index in [4.69, 9.17) is 46.4 Å². The van der Waals surface area contributed by atoms with E-state index >= 15 is 0 Å². The molecule has 2 rings (SSSR count). The lowest BCUT2D eigenvalue weighted by molar-refractivity contribution is 1.41. The first-order chi connectivity index (χ1) is 8.56. The summed E-state index contributed by atoms with van der Waals surface area (Å²) in [5.41, 5.74) is 7.23. The molecule has 0 aromatic heterocycles. The van der Waals surface area contributed by atoms with Crippen molar-refractivity contribution in [1.29, 1.82) is 0 Å². The van der Waals surface area contributed by atoms with Crippen LogP contribution < -0.4 is 10.9 Å². The highest BCUT2D eigenvalue weighted by atomic mass is 35.5. The summed E-state index contributed by atoms with van der Waals surface area (Å²) in [7, 11) is 0. The molecule has 0 aliphatic rings. The van der Waals surface area contributed by atoms with Crippen molar-refractivity contribution < 1.29 is 0 Å². The van der Waals surface area contributed by atoms with E-state index in [1.165, 1.54) is 0 Å². The Balaban J connectivity index is 2.13. The van der Waals surface area contributed by atoms with Crippen molar-refractivity contribution in [1.82, 2.24) is 0 Å². The number of hydrazine groups is 1. The van der Waals surface area contributed by atoms with Gasteiger partial charge in [0.25, 0.3) is 0 Å². The van der Waals surface area contributed by atoms with E-state index in [2.05, 4.69) is 10.9 Å². The minimum absolute atomic E-state index is 0.508. The van der Waals surface area contributed by atoms with Crippen molar-refractivity contribution in [2.45, 2.75) is 0 Å². The highest BCUT2D eigenvalue weighted by Gasteiger charge is 2.03. The Morgan fingerprint density at radius 1 is 0.611 bits per heavy atom. The fourth-order valence-corrected chi connectivity index (χ4v) is 2.11. The third-order valence-electron chi connectivity index (χ3n) is 2.19. The average Bonchev–Trinajstić information content (AvgIpc) is 2.32. The van der Waals surface area contributed by atoms with Gasteiger partial charge in [-0.1, -0.05) is 46.4 Å². The first-order valence-electron chi connectivity index (χ1n) is 4.98. The molecule has 2 aromatic rings. The Labute approximate surface area is 125 Å². The zero-order valence-corrected chi connectivity index (χ0v) is 12.0. The van der Waals surface area contributed by atoms with Crippen LogP contribution in [0.25, 0.3) is 0 Å². The number of anilines is 2. The zero-order valence-electron chi connectivity index (χ0n) is 8.98. The maximum absolute atomic E-state index is 6.02. The van der Waals surface area contributed by atoms with Crippen LogP contribution in [0.3, 0.4) is 0 Å². The van der Waals surface area contributed by atoms with E-state index in [-0.39, 0.29) is 0 Å². The smallest absolute Gasteiger partial charge is 0.0740 e. The standard InChI is InChI=1S/C12H8Cl4N2/c13-7-2-4-11(10(16)5-7)17-18-12-6-8(14)1-3-9(12)15/h1-6,17-18H. The topological polar surface area (TPSA) is 24.1 Å². The maximum atomic E-state index is 6.02. The highest BCUT2D eigenvalue weighted by Crippen LogP contribution is 2.28. The van der Waals surface area contributed by atoms with Gasteiger partial charge >= 0.3 is 0 Å². The molecule has 2 nitrogen and oxygen atoms in total. The van der Waals surface area contributed by atoms with Gasteiger partial charge in [0.2, 0.25) is 0 Å². The van der Waals surface area contributed by atoms with Crippen LogP contribution in [0.4, 0.5) is 11.4 Å². The zero-order chi connectivity index (χ0) is 13.1. The maximum Gasteiger partial charge on any atom is 0.0740 e. The van der Waals surface area contributed by atoms with Crippen molar-refractivity contribution >= 4 is 57.8 Å². The molecule has 0 atom stereocenters. The molecule has 6 heteroatoms. The van der Waals surface area contributed by atoms with Crippen LogP contribution in [0.2, 0.25) is 20.1 Å². The number of nitrogens with one attached hydrogen (secondary N) is 2. The molecule has 2 N–H and O–H groups in total. The van der Waals surface area contributed by atoms with E-state index in [0.717, 1.165) is 0 Å². The Kier molecular flexibility index (Phi) is 4.46. The van der Waals surface area contributed by atoms with Crippen molar-refractivity contribution in [2.24, 2.45) is 0 Å². The Hall–Kier alpha value is -0.800. The van der Waals surface area contributed by atoms with E-state index in [1.54, 1.807) is 36.4 Å². The fourth-order valence-electron chi connectivity index (χ4n) is 1.32. The van der Waals surface area contributed by atoms with E-state index in [0.29, 0.717) is 31.5 Å². The Morgan fingerprint density at radius 3 is 1.94 bits per heavy atom. The van der Waals surface area contributed by atoms with Gasteiger partial charge < -0.3 is 0 Å². The van der Waals surface area contributed by atoms with Gasteiger partial charge in [-0.2, -0.15) is 0 Å². The van der Waals surface area contributed by atoms with Gasteiger partial charge in [-0.3, -0.25) is 10.9 Å². The second-order valence-electron chi connectivity index (χ2n) is 3.50. The van der Waals surface area contributed by atoms with Crippen LogP contribution in [0, 0.1) is 0 Å². The molecule has 0 spiro atoms. The summed E-state index contributed by atoms with van der Waals surface area (Å²) in [5.74, 6) is 0. The SMILES string of the molecule is Clc1ccc(NNc2cc(Cl)ccc2Cl)c(Cl)c1. The van der Waals surface area contributed by atoms with Crippen LogP contribution in [-0.4, -0.2) is 0 Å². The van der Waals surface area contributed by atoms with Crippen LogP contribution >= 0.6 is 46.4 Å². The van der Waals surface area contributed by atoms with Crippen molar-refractivity contribution in [3.05, 3.63) is 56.5 Å². The summed E-state index contributed by atoms with van der Waals surface area (Å²) in [6.45, 7) is 0. The van der Waals surface area contributed by atoms with Crippen LogP contribution in [0.1, 0.15) is 0 Å². The monoisotopic (exact) mass is 320 g/mol. The molecule has 0 unspecified atom stereocenters. The lowest BCUT2D eigenvalue weighted by atomic mass is 10.3. The number of hydrogen-bond acceptors (Lipinski definition) is 2. The van der Waals surface area contributed by atoms with Gasteiger partial charge in [0.1, 0.15) is 0 Å². The molecule has 0 fully saturated rings. The normalized spacial score (nSPS) is 10.2. The van der Waals surface area contributed by atoms with E-state index in [1.807, 2.05) is 0 Å². The summed E-state index contributed by atoms with van der Waals surface area (Å²) in [6.07, 6.45) is 0. The van der Waals surface area contributed by atoms with E-state index < -0.39 is 0 Å². The predicted octanol–water partition coefficient (Wildman–Crippen LogP) is 5.74. The second-order valence-corrected chi connectivity index (χ2v) is 5.19. The molecule has 0 bridgehead atoms. The van der Waals surface area contributed by atoms with Crippen molar-refractivity contribution in [3.8, 4) is 0 Å². The van der Waals surface area contributed by atoms with Gasteiger partial charge in [0.15, 0.2) is 0 Å². The Bertz CT molecular complexity index is 572. The molecule has 0 saturated carbocycles. The van der Waals surface area contributed by atoms with Crippen LogP contribution in [0.15, 0.2) is 36.4 Å². The molecule has 0 saturated heterocycles. The number of hydrogen-bond donors (Lipinski definition) is 2. The first kappa shape index (κ1) is 13.6. The third-order valence-corrected chi connectivity index (χ3v) is 3.30. The largest absolute Gasteiger partial charge is 0.299 e. The highest BCUT2D eigenvalue weighted by molar-refractivity contribution is 6.36. The van der Waals surface area contributed by atoms with Crippen molar-refractivity contribution in [2.75, 3.05) is 10.9 Å². The number of benzene rings is 2. The summed E-state index contributed by atoms with van der Waals surface area (Å²) in [5, 5.41) is 2.22. The predicted molar refractivity (Wildman–Crippen MR) is 80.2 cm³/mol. The fraction of sp³-hybridized carbons (Fsp3) is 0. The van der Waals surface area contributed by atoms with Gasteiger partial charge in [-0.15, -0.1) is 0 Å².